The smallest absolute Gasteiger partial charge is 0.230 e. The van der Waals surface area contributed by atoms with Gasteiger partial charge in [-0.2, -0.15) is 0 Å². The highest BCUT2D eigenvalue weighted by atomic mass is 32.2. The summed E-state index contributed by atoms with van der Waals surface area (Å²) in [6.07, 6.45) is 3.34. The zero-order chi connectivity index (χ0) is 16.9. The summed E-state index contributed by atoms with van der Waals surface area (Å²) >= 11 is 2.98. The van der Waals surface area contributed by atoms with Gasteiger partial charge in [0.15, 0.2) is 0 Å². The molecule has 0 saturated carbocycles. The number of hydrogen-bond donors (Lipinski definition) is 1. The lowest BCUT2D eigenvalue weighted by atomic mass is 10.1. The molecule has 0 aliphatic carbocycles. The van der Waals surface area contributed by atoms with E-state index in [2.05, 4.69) is 34.3 Å². The number of benzene rings is 1. The van der Waals surface area contributed by atoms with Crippen LogP contribution in [0.15, 0.2) is 51.6 Å². The topological polar surface area (TPSA) is 54.9 Å². The van der Waals surface area contributed by atoms with Gasteiger partial charge in [-0.25, -0.2) is 9.97 Å². The zero-order valence-corrected chi connectivity index (χ0v) is 15.4. The fourth-order valence-corrected chi connectivity index (χ4v) is 3.68. The van der Waals surface area contributed by atoms with Crippen molar-refractivity contribution in [3.8, 4) is 0 Å². The molecule has 4 nitrogen and oxygen atoms in total. The fraction of sp³-hybridized carbons (Fsp3) is 0.353. The Hall–Kier alpha value is -1.53. The molecule has 1 heterocycles. The number of carbonyl (C=O) groups is 1. The highest BCUT2D eigenvalue weighted by Gasteiger charge is 2.15. The minimum absolute atomic E-state index is 0.000316. The Morgan fingerprint density at radius 3 is 2.52 bits per heavy atom. The van der Waals surface area contributed by atoms with E-state index in [9.17, 15) is 4.79 Å². The van der Waals surface area contributed by atoms with Gasteiger partial charge < -0.3 is 5.32 Å². The number of carbonyl (C=O) groups excluding carboxylic acids is 1. The summed E-state index contributed by atoms with van der Waals surface area (Å²) in [6.45, 7) is 7.97. The third-order valence-electron chi connectivity index (χ3n) is 2.69. The summed E-state index contributed by atoms with van der Waals surface area (Å²) < 4.78 is 0. The average Bonchev–Trinajstić information content (AvgIpc) is 2.44. The van der Waals surface area contributed by atoms with Gasteiger partial charge in [0.2, 0.25) is 5.91 Å². The monoisotopic (exact) mass is 347 g/mol. The van der Waals surface area contributed by atoms with Gasteiger partial charge in [0.1, 0.15) is 10.1 Å². The summed E-state index contributed by atoms with van der Waals surface area (Å²) in [5.41, 5.74) is 0.983. The van der Waals surface area contributed by atoms with Crippen molar-refractivity contribution in [1.82, 2.24) is 15.3 Å². The maximum absolute atomic E-state index is 12.0. The maximum Gasteiger partial charge on any atom is 0.230 e. The Morgan fingerprint density at radius 2 is 1.87 bits per heavy atom. The molecule has 0 bridgehead atoms. The molecule has 0 radical (unpaired) electrons. The van der Waals surface area contributed by atoms with E-state index in [1.54, 1.807) is 24.2 Å². The van der Waals surface area contributed by atoms with Gasteiger partial charge in [0.25, 0.3) is 0 Å². The lowest BCUT2D eigenvalue weighted by molar-refractivity contribution is -0.119. The molecule has 0 saturated heterocycles. The molecule has 0 fully saturated rings. The number of hydrogen-bond acceptors (Lipinski definition) is 5. The predicted molar refractivity (Wildman–Crippen MR) is 96.0 cm³/mol. The molecule has 6 heteroatoms. The first-order valence-corrected chi connectivity index (χ1v) is 9.13. The molecule has 122 valence electrons. The number of nitrogens with zero attached hydrogens (tertiary/aromatic N) is 2. The third-order valence-corrected chi connectivity index (χ3v) is 4.78. The van der Waals surface area contributed by atoms with Crippen LogP contribution in [-0.2, 0) is 4.79 Å². The van der Waals surface area contributed by atoms with E-state index >= 15 is 0 Å². The van der Waals surface area contributed by atoms with Crippen LogP contribution in [0.3, 0.4) is 0 Å². The van der Waals surface area contributed by atoms with E-state index in [-0.39, 0.29) is 11.4 Å². The van der Waals surface area contributed by atoms with Gasteiger partial charge in [-0.15, -0.1) is 0 Å². The Labute approximate surface area is 145 Å². The van der Waals surface area contributed by atoms with Crippen molar-refractivity contribution >= 4 is 29.4 Å². The first kappa shape index (κ1) is 17.8. The van der Waals surface area contributed by atoms with Gasteiger partial charge >= 0.3 is 0 Å². The van der Waals surface area contributed by atoms with Gasteiger partial charge in [0.05, 0.1) is 5.75 Å². The second-order valence-electron chi connectivity index (χ2n) is 6.17. The largest absolute Gasteiger partial charge is 0.351 e. The summed E-state index contributed by atoms with van der Waals surface area (Å²) in [5.74, 6) is 0.330. The number of amides is 1. The normalized spacial score (nSPS) is 11.3. The molecule has 1 aromatic carbocycles. The number of thioether (sulfide) groups is 1. The maximum atomic E-state index is 12.0. The second kappa shape index (κ2) is 7.84. The molecular weight excluding hydrogens is 326 g/mol. The average molecular weight is 348 g/mol. The van der Waals surface area contributed by atoms with Crippen LogP contribution >= 0.6 is 23.5 Å². The summed E-state index contributed by atoms with van der Waals surface area (Å²) in [6, 6.07) is 8.25. The highest BCUT2D eigenvalue weighted by molar-refractivity contribution is 8.02. The molecule has 0 atom stereocenters. The molecule has 1 amide bonds. The van der Waals surface area contributed by atoms with Crippen LogP contribution in [-0.4, -0.2) is 27.2 Å². The number of aryl methyl sites for hydroxylation is 1. The van der Waals surface area contributed by atoms with E-state index in [0.29, 0.717) is 5.75 Å². The van der Waals surface area contributed by atoms with Crippen LogP contribution in [0, 0.1) is 6.92 Å². The lowest BCUT2D eigenvalue weighted by Crippen LogP contribution is -2.41. The summed E-state index contributed by atoms with van der Waals surface area (Å²) in [4.78, 5) is 21.8. The lowest BCUT2D eigenvalue weighted by Gasteiger charge is -2.20. The predicted octanol–water partition coefficient (Wildman–Crippen LogP) is 3.94. The van der Waals surface area contributed by atoms with Crippen molar-refractivity contribution in [2.45, 2.75) is 48.2 Å². The first-order chi connectivity index (χ1) is 10.8. The summed E-state index contributed by atoms with van der Waals surface area (Å²) in [7, 11) is 0. The molecule has 0 spiro atoms. The van der Waals surface area contributed by atoms with Crippen molar-refractivity contribution < 1.29 is 4.79 Å². The minimum Gasteiger partial charge on any atom is -0.351 e. The van der Waals surface area contributed by atoms with Crippen LogP contribution in [0.5, 0.6) is 0 Å². The highest BCUT2D eigenvalue weighted by Crippen LogP contribution is 2.32. The third kappa shape index (κ3) is 6.23. The Morgan fingerprint density at radius 1 is 1.17 bits per heavy atom. The molecular formula is C17H21N3OS2. The molecule has 23 heavy (non-hydrogen) atoms. The van der Waals surface area contributed by atoms with Gasteiger partial charge in [0, 0.05) is 22.8 Å². The Kier molecular flexibility index (Phi) is 6.07. The number of rotatable bonds is 5. The molecule has 1 aromatic heterocycles. The van der Waals surface area contributed by atoms with Crippen LogP contribution in [0.2, 0.25) is 0 Å². The van der Waals surface area contributed by atoms with Gasteiger partial charge in [-0.1, -0.05) is 41.2 Å². The van der Waals surface area contributed by atoms with Crippen LogP contribution in [0.4, 0.5) is 0 Å². The standard InChI is InChI=1S/C17H21N3OS2/c1-12-6-5-7-13(10-12)23-16-15(18-8-9-19-16)22-11-14(21)20-17(2,3)4/h5-10H,11H2,1-4H3,(H,20,21). The summed E-state index contributed by atoms with van der Waals surface area (Å²) in [5, 5.41) is 4.56. The van der Waals surface area contributed by atoms with Gasteiger partial charge in [-0.3, -0.25) is 4.79 Å². The molecule has 2 rings (SSSR count). The Bertz CT molecular complexity index is 684. The fourth-order valence-electron chi connectivity index (χ4n) is 1.86. The zero-order valence-electron chi connectivity index (χ0n) is 13.8. The van der Waals surface area contributed by atoms with Crippen molar-refractivity contribution in [3.05, 3.63) is 42.2 Å². The van der Waals surface area contributed by atoms with Gasteiger partial charge in [-0.05, 0) is 39.8 Å². The van der Waals surface area contributed by atoms with Crippen molar-refractivity contribution in [2.24, 2.45) is 0 Å². The van der Waals surface area contributed by atoms with E-state index in [1.165, 1.54) is 17.3 Å². The van der Waals surface area contributed by atoms with E-state index in [0.717, 1.165) is 14.9 Å². The first-order valence-electron chi connectivity index (χ1n) is 7.33. The number of nitrogens with one attached hydrogen (secondary N) is 1. The van der Waals surface area contributed by atoms with Crippen molar-refractivity contribution in [2.75, 3.05) is 5.75 Å². The van der Waals surface area contributed by atoms with Crippen LogP contribution < -0.4 is 5.32 Å². The number of aromatic nitrogens is 2. The van der Waals surface area contributed by atoms with E-state index in [4.69, 9.17) is 0 Å². The second-order valence-corrected chi connectivity index (χ2v) is 8.20. The minimum atomic E-state index is -0.223. The molecule has 0 aliphatic rings. The Balaban J connectivity index is 2.04. The molecule has 1 N–H and O–H groups in total. The molecule has 2 aromatic rings. The van der Waals surface area contributed by atoms with E-state index < -0.39 is 0 Å². The SMILES string of the molecule is Cc1cccc(Sc2nccnc2SCC(=O)NC(C)(C)C)c1. The molecule has 0 aliphatic heterocycles. The van der Waals surface area contributed by atoms with E-state index in [1.807, 2.05) is 32.9 Å². The molecule has 0 unspecified atom stereocenters. The quantitative estimate of drug-likeness (QED) is 0.830. The van der Waals surface area contributed by atoms with Crippen molar-refractivity contribution in [3.63, 3.8) is 0 Å². The van der Waals surface area contributed by atoms with Crippen molar-refractivity contribution in [1.29, 1.82) is 0 Å². The van der Waals surface area contributed by atoms with Crippen LogP contribution in [0.1, 0.15) is 26.3 Å². The van der Waals surface area contributed by atoms with Crippen LogP contribution in [0.25, 0.3) is 0 Å².